The summed E-state index contributed by atoms with van der Waals surface area (Å²) in [6, 6.07) is 7.77. The summed E-state index contributed by atoms with van der Waals surface area (Å²) in [6.07, 6.45) is 0. The van der Waals surface area contributed by atoms with Crippen LogP contribution in [0, 0.1) is 0 Å². The van der Waals surface area contributed by atoms with Gasteiger partial charge in [0.2, 0.25) is 0 Å². The highest BCUT2D eigenvalue weighted by atomic mass is 35.5. The van der Waals surface area contributed by atoms with Gasteiger partial charge in [0, 0.05) is 6.54 Å². The zero-order valence-corrected chi connectivity index (χ0v) is 7.73. The minimum Gasteiger partial charge on any atom is -0.497 e. The number of ether oxygens (including phenoxy) is 1. The molecule has 0 heterocycles. The molecule has 0 aliphatic heterocycles. The highest BCUT2D eigenvalue weighted by Crippen LogP contribution is 2.11. The van der Waals surface area contributed by atoms with Crippen molar-refractivity contribution < 1.29 is 4.74 Å². The minimum absolute atomic E-state index is 0. The molecule has 0 aliphatic carbocycles. The largest absolute Gasteiger partial charge is 0.497 e. The van der Waals surface area contributed by atoms with E-state index in [1.807, 2.05) is 24.3 Å². The fourth-order valence-corrected chi connectivity index (χ4v) is 0.900. The number of benzene rings is 1. The Morgan fingerprint density at radius 1 is 1.50 bits per heavy atom. The highest BCUT2D eigenvalue weighted by Gasteiger charge is 1.92. The van der Waals surface area contributed by atoms with Crippen LogP contribution in [-0.4, -0.2) is 7.11 Å². The van der Waals surface area contributed by atoms with Crippen molar-refractivity contribution in [2.75, 3.05) is 7.11 Å². The Kier molecular flexibility index (Phi) is 5.45. The fraction of sp³-hybridized carbons (Fsp3) is 0.250. The van der Waals surface area contributed by atoms with Crippen molar-refractivity contribution in [2.24, 2.45) is 5.84 Å². The van der Waals surface area contributed by atoms with Gasteiger partial charge in [-0.05, 0) is 17.7 Å². The topological polar surface area (TPSA) is 47.3 Å². The maximum Gasteiger partial charge on any atom is 0.119 e. The summed E-state index contributed by atoms with van der Waals surface area (Å²) >= 11 is 0. The Morgan fingerprint density at radius 2 is 2.25 bits per heavy atom. The third-order valence-corrected chi connectivity index (χ3v) is 1.44. The molecule has 0 aromatic heterocycles. The molecule has 0 fully saturated rings. The number of rotatable bonds is 3. The number of halogens is 1. The predicted molar refractivity (Wildman–Crippen MR) is 51.3 cm³/mol. The lowest BCUT2D eigenvalue weighted by Crippen LogP contribution is -2.20. The number of nitrogens with two attached hydrogens (primary N) is 1. The first-order chi connectivity index (χ1) is 5.36. The molecular formula is C8H13ClN2O. The molecule has 0 unspecified atom stereocenters. The van der Waals surface area contributed by atoms with Crippen molar-refractivity contribution in [1.82, 2.24) is 5.43 Å². The zero-order valence-electron chi connectivity index (χ0n) is 6.91. The maximum atomic E-state index is 5.16. The minimum atomic E-state index is 0. The molecule has 4 heteroatoms. The van der Waals surface area contributed by atoms with Crippen LogP contribution in [0.3, 0.4) is 0 Å². The van der Waals surface area contributed by atoms with Gasteiger partial charge in [0.15, 0.2) is 0 Å². The molecule has 0 atom stereocenters. The molecule has 12 heavy (non-hydrogen) atoms. The van der Waals surface area contributed by atoms with E-state index in [4.69, 9.17) is 10.6 Å². The van der Waals surface area contributed by atoms with Gasteiger partial charge >= 0.3 is 0 Å². The molecule has 1 aromatic carbocycles. The second-order valence-corrected chi connectivity index (χ2v) is 2.23. The van der Waals surface area contributed by atoms with Crippen LogP contribution in [0.15, 0.2) is 24.3 Å². The van der Waals surface area contributed by atoms with Gasteiger partial charge < -0.3 is 4.74 Å². The van der Waals surface area contributed by atoms with Crippen LogP contribution in [0.25, 0.3) is 0 Å². The first kappa shape index (κ1) is 11.2. The third kappa shape index (κ3) is 3.09. The Labute approximate surface area is 78.3 Å². The van der Waals surface area contributed by atoms with Crippen LogP contribution >= 0.6 is 12.4 Å². The molecule has 0 spiro atoms. The van der Waals surface area contributed by atoms with Gasteiger partial charge in [-0.15, -0.1) is 12.4 Å². The molecule has 0 saturated heterocycles. The molecule has 0 saturated carbocycles. The Balaban J connectivity index is 0.00000121. The first-order valence-corrected chi connectivity index (χ1v) is 3.43. The summed E-state index contributed by atoms with van der Waals surface area (Å²) < 4.78 is 5.03. The summed E-state index contributed by atoms with van der Waals surface area (Å²) in [5.74, 6) is 6.02. The molecule has 1 aromatic rings. The van der Waals surface area contributed by atoms with Crippen molar-refractivity contribution in [1.29, 1.82) is 0 Å². The van der Waals surface area contributed by atoms with Gasteiger partial charge in [-0.25, -0.2) is 0 Å². The highest BCUT2D eigenvalue weighted by molar-refractivity contribution is 5.85. The number of hydrogen-bond acceptors (Lipinski definition) is 3. The van der Waals surface area contributed by atoms with Gasteiger partial charge in [-0.3, -0.25) is 11.3 Å². The molecule has 0 aliphatic rings. The van der Waals surface area contributed by atoms with Crippen LogP contribution < -0.4 is 16.0 Å². The van der Waals surface area contributed by atoms with Crippen molar-refractivity contribution in [2.45, 2.75) is 6.54 Å². The Morgan fingerprint density at radius 3 is 2.83 bits per heavy atom. The van der Waals surface area contributed by atoms with E-state index in [-0.39, 0.29) is 12.4 Å². The number of nitrogens with one attached hydrogen (secondary N) is 1. The van der Waals surface area contributed by atoms with Crippen LogP contribution in [0.4, 0.5) is 0 Å². The SMILES string of the molecule is COc1cccc(CNN)c1.Cl. The van der Waals surface area contributed by atoms with E-state index in [0.717, 1.165) is 11.3 Å². The number of hydrogen-bond donors (Lipinski definition) is 2. The second kappa shape index (κ2) is 5.83. The molecule has 0 bridgehead atoms. The average Bonchev–Trinajstić information content (AvgIpc) is 2.06. The molecule has 3 nitrogen and oxygen atoms in total. The number of hydrazine groups is 1. The van der Waals surface area contributed by atoms with E-state index < -0.39 is 0 Å². The van der Waals surface area contributed by atoms with E-state index in [0.29, 0.717) is 6.54 Å². The van der Waals surface area contributed by atoms with E-state index in [1.54, 1.807) is 7.11 Å². The van der Waals surface area contributed by atoms with Crippen LogP contribution in [0.5, 0.6) is 5.75 Å². The van der Waals surface area contributed by atoms with Crippen molar-refractivity contribution >= 4 is 12.4 Å². The van der Waals surface area contributed by atoms with Crippen LogP contribution in [0.1, 0.15) is 5.56 Å². The molecule has 68 valence electrons. The summed E-state index contributed by atoms with van der Waals surface area (Å²) in [5, 5.41) is 0. The fourth-order valence-electron chi connectivity index (χ4n) is 0.900. The van der Waals surface area contributed by atoms with Crippen molar-refractivity contribution in [3.8, 4) is 5.75 Å². The molecule has 3 N–H and O–H groups in total. The summed E-state index contributed by atoms with van der Waals surface area (Å²) in [7, 11) is 1.65. The molecule has 0 amide bonds. The maximum absolute atomic E-state index is 5.16. The van der Waals surface area contributed by atoms with Gasteiger partial charge in [-0.1, -0.05) is 12.1 Å². The lowest BCUT2D eigenvalue weighted by molar-refractivity contribution is 0.414. The standard InChI is InChI=1S/C8H12N2O.ClH/c1-11-8-4-2-3-7(5-8)6-10-9;/h2-5,10H,6,9H2,1H3;1H. The quantitative estimate of drug-likeness (QED) is 0.551. The normalized spacial score (nSPS) is 8.83. The Bertz CT molecular complexity index is 230. The number of methoxy groups -OCH3 is 1. The van der Waals surface area contributed by atoms with E-state index >= 15 is 0 Å². The van der Waals surface area contributed by atoms with E-state index in [1.165, 1.54) is 0 Å². The third-order valence-electron chi connectivity index (χ3n) is 1.44. The lowest BCUT2D eigenvalue weighted by Gasteiger charge is -2.02. The summed E-state index contributed by atoms with van der Waals surface area (Å²) in [5.41, 5.74) is 3.70. The molecular weight excluding hydrogens is 176 g/mol. The smallest absolute Gasteiger partial charge is 0.119 e. The van der Waals surface area contributed by atoms with Crippen LogP contribution in [0.2, 0.25) is 0 Å². The van der Waals surface area contributed by atoms with Crippen molar-refractivity contribution in [3.63, 3.8) is 0 Å². The second-order valence-electron chi connectivity index (χ2n) is 2.23. The lowest BCUT2D eigenvalue weighted by atomic mass is 10.2. The average molecular weight is 189 g/mol. The zero-order chi connectivity index (χ0) is 8.10. The summed E-state index contributed by atoms with van der Waals surface area (Å²) in [6.45, 7) is 0.664. The summed E-state index contributed by atoms with van der Waals surface area (Å²) in [4.78, 5) is 0. The Hall–Kier alpha value is -0.770. The first-order valence-electron chi connectivity index (χ1n) is 3.43. The van der Waals surface area contributed by atoms with Gasteiger partial charge in [0.1, 0.15) is 5.75 Å². The van der Waals surface area contributed by atoms with Gasteiger partial charge in [0.25, 0.3) is 0 Å². The molecule has 1 rings (SSSR count). The predicted octanol–water partition coefficient (Wildman–Crippen LogP) is 1.08. The van der Waals surface area contributed by atoms with Crippen LogP contribution in [-0.2, 0) is 6.54 Å². The van der Waals surface area contributed by atoms with E-state index in [2.05, 4.69) is 5.43 Å². The van der Waals surface area contributed by atoms with Gasteiger partial charge in [0.05, 0.1) is 7.11 Å². The van der Waals surface area contributed by atoms with Gasteiger partial charge in [-0.2, -0.15) is 0 Å². The van der Waals surface area contributed by atoms with Crippen molar-refractivity contribution in [3.05, 3.63) is 29.8 Å². The monoisotopic (exact) mass is 188 g/mol. The molecule has 0 radical (unpaired) electrons. The van der Waals surface area contributed by atoms with E-state index in [9.17, 15) is 0 Å².